The predicted octanol–water partition coefficient (Wildman–Crippen LogP) is 1.39. The molecule has 160 valence electrons. The molecule has 0 aliphatic carbocycles. The average molecular weight is 407 g/mol. The summed E-state index contributed by atoms with van der Waals surface area (Å²) in [6, 6.07) is 7.11. The highest BCUT2D eigenvalue weighted by Crippen LogP contribution is 2.07. The lowest BCUT2D eigenvalue weighted by atomic mass is 10.1. The van der Waals surface area contributed by atoms with E-state index in [0.717, 1.165) is 5.56 Å². The Kier molecular flexibility index (Phi) is 9.11. The molecule has 0 fully saturated rings. The second-order valence-electron chi connectivity index (χ2n) is 7.52. The summed E-state index contributed by atoms with van der Waals surface area (Å²) in [4.78, 5) is 47.4. The Bertz CT molecular complexity index is 715. The van der Waals surface area contributed by atoms with Crippen LogP contribution in [0, 0.1) is 0 Å². The van der Waals surface area contributed by atoms with Crippen molar-refractivity contribution in [3.05, 3.63) is 35.9 Å². The molecule has 0 aliphatic heterocycles. The Morgan fingerprint density at radius 3 is 2.24 bits per heavy atom. The molecule has 29 heavy (non-hydrogen) atoms. The minimum Gasteiger partial charge on any atom is -0.461 e. The number of ether oxygens (including phenoxy) is 2. The van der Waals surface area contributed by atoms with E-state index >= 15 is 0 Å². The van der Waals surface area contributed by atoms with Crippen molar-refractivity contribution >= 4 is 23.9 Å². The first-order valence-corrected chi connectivity index (χ1v) is 9.26. The minimum atomic E-state index is -1.07. The molecule has 0 heterocycles. The summed E-state index contributed by atoms with van der Waals surface area (Å²) in [5.41, 5.74) is 5.43. The van der Waals surface area contributed by atoms with Crippen LogP contribution in [-0.2, 0) is 30.5 Å². The fraction of sp³-hybridized carbons (Fsp3) is 0.500. The first-order valence-electron chi connectivity index (χ1n) is 9.26. The third kappa shape index (κ3) is 10.1. The van der Waals surface area contributed by atoms with Gasteiger partial charge in [0.2, 0.25) is 11.8 Å². The zero-order chi connectivity index (χ0) is 22.0. The van der Waals surface area contributed by atoms with Crippen molar-refractivity contribution in [3.63, 3.8) is 0 Å². The number of carbonyl (C=O) groups is 4. The number of nitrogens with two attached hydrogens (primary N) is 1. The molecule has 3 amide bonds. The molecule has 0 spiro atoms. The molecule has 0 saturated heterocycles. The van der Waals surface area contributed by atoms with Crippen molar-refractivity contribution in [3.8, 4) is 0 Å². The maximum Gasteiger partial charge on any atom is 0.408 e. The van der Waals surface area contributed by atoms with Crippen molar-refractivity contribution < 1.29 is 28.7 Å². The number of amides is 3. The number of benzene rings is 1. The lowest BCUT2D eigenvalue weighted by Crippen LogP contribution is -2.52. The molecular formula is C20H29N3O6. The molecule has 4 N–H and O–H groups in total. The zero-order valence-electron chi connectivity index (χ0n) is 17.2. The van der Waals surface area contributed by atoms with E-state index < -0.39 is 41.6 Å². The summed E-state index contributed by atoms with van der Waals surface area (Å²) in [5, 5.41) is 4.79. The van der Waals surface area contributed by atoms with Gasteiger partial charge in [0.25, 0.3) is 0 Å². The van der Waals surface area contributed by atoms with Crippen molar-refractivity contribution in [2.24, 2.45) is 5.73 Å². The molecule has 0 aromatic heterocycles. The lowest BCUT2D eigenvalue weighted by Gasteiger charge is -2.22. The quantitative estimate of drug-likeness (QED) is 0.529. The Labute approximate surface area is 170 Å². The van der Waals surface area contributed by atoms with Gasteiger partial charge in [-0.05, 0) is 39.7 Å². The topological polar surface area (TPSA) is 137 Å². The van der Waals surface area contributed by atoms with Crippen molar-refractivity contribution in [2.45, 2.75) is 64.8 Å². The number of esters is 1. The third-order valence-corrected chi connectivity index (χ3v) is 3.67. The van der Waals surface area contributed by atoms with Gasteiger partial charge in [0.1, 0.15) is 24.3 Å². The zero-order valence-corrected chi connectivity index (χ0v) is 17.2. The summed E-state index contributed by atoms with van der Waals surface area (Å²) in [5.74, 6) is -1.94. The molecule has 0 saturated carbocycles. The third-order valence-electron chi connectivity index (χ3n) is 3.67. The molecule has 1 aromatic carbocycles. The van der Waals surface area contributed by atoms with Gasteiger partial charge in [0.15, 0.2) is 0 Å². The molecule has 9 heteroatoms. The summed E-state index contributed by atoms with van der Waals surface area (Å²) < 4.78 is 10.2. The Morgan fingerprint density at radius 1 is 1.07 bits per heavy atom. The number of rotatable bonds is 9. The van der Waals surface area contributed by atoms with Gasteiger partial charge >= 0.3 is 12.1 Å². The van der Waals surface area contributed by atoms with E-state index in [0.29, 0.717) is 0 Å². The number of alkyl carbamates (subject to hydrolysis) is 1. The minimum absolute atomic E-state index is 0.0200. The molecule has 2 atom stereocenters. The SMILES string of the molecule is C[C@H](NC(=O)OC(C)(C)C)C(=O)NC(CCC(=O)OCc1ccccc1)C(N)=O. The maximum atomic E-state index is 12.2. The van der Waals surface area contributed by atoms with Crippen LogP contribution < -0.4 is 16.4 Å². The van der Waals surface area contributed by atoms with Crippen LogP contribution in [0.1, 0.15) is 46.1 Å². The highest BCUT2D eigenvalue weighted by Gasteiger charge is 2.25. The van der Waals surface area contributed by atoms with Crippen molar-refractivity contribution in [1.29, 1.82) is 0 Å². The maximum absolute atomic E-state index is 12.2. The van der Waals surface area contributed by atoms with E-state index in [1.165, 1.54) is 6.92 Å². The molecule has 0 bridgehead atoms. The molecule has 9 nitrogen and oxygen atoms in total. The van der Waals surface area contributed by atoms with E-state index in [4.69, 9.17) is 15.2 Å². The molecule has 0 aliphatic rings. The first kappa shape index (κ1) is 23.9. The second-order valence-corrected chi connectivity index (χ2v) is 7.52. The Morgan fingerprint density at radius 2 is 1.69 bits per heavy atom. The fourth-order valence-electron chi connectivity index (χ4n) is 2.20. The van der Waals surface area contributed by atoms with E-state index in [-0.39, 0.29) is 19.4 Å². The number of primary amides is 1. The van der Waals surface area contributed by atoms with Gasteiger partial charge in [-0.3, -0.25) is 14.4 Å². The smallest absolute Gasteiger partial charge is 0.408 e. The van der Waals surface area contributed by atoms with Gasteiger partial charge in [-0.15, -0.1) is 0 Å². The normalized spacial score (nSPS) is 13.0. The number of carbonyl (C=O) groups excluding carboxylic acids is 4. The van der Waals surface area contributed by atoms with Gasteiger partial charge in [0, 0.05) is 6.42 Å². The molecule has 1 unspecified atom stereocenters. The van der Waals surface area contributed by atoms with Gasteiger partial charge in [-0.2, -0.15) is 0 Å². The summed E-state index contributed by atoms with van der Waals surface area (Å²) in [7, 11) is 0. The average Bonchev–Trinajstić information content (AvgIpc) is 2.62. The monoisotopic (exact) mass is 407 g/mol. The van der Waals surface area contributed by atoms with Crippen LogP contribution in [0.5, 0.6) is 0 Å². The van der Waals surface area contributed by atoms with Crippen molar-refractivity contribution in [2.75, 3.05) is 0 Å². The lowest BCUT2D eigenvalue weighted by molar-refractivity contribution is -0.145. The van der Waals surface area contributed by atoms with Crippen LogP contribution in [0.15, 0.2) is 30.3 Å². The molecule has 1 aromatic rings. The summed E-state index contributed by atoms with van der Waals surface area (Å²) in [6.07, 6.45) is -0.886. The van der Waals surface area contributed by atoms with Crippen molar-refractivity contribution in [1.82, 2.24) is 10.6 Å². The van der Waals surface area contributed by atoms with Crippen LogP contribution in [-0.4, -0.2) is 41.6 Å². The van der Waals surface area contributed by atoms with Crippen LogP contribution in [0.4, 0.5) is 4.79 Å². The van der Waals surface area contributed by atoms with Crippen LogP contribution in [0.3, 0.4) is 0 Å². The molecule has 1 rings (SSSR count). The summed E-state index contributed by atoms with van der Waals surface area (Å²) >= 11 is 0. The Balaban J connectivity index is 2.47. The van der Waals surface area contributed by atoms with Gasteiger partial charge in [-0.25, -0.2) is 4.79 Å². The van der Waals surface area contributed by atoms with Crippen LogP contribution >= 0.6 is 0 Å². The van der Waals surface area contributed by atoms with Crippen LogP contribution in [0.2, 0.25) is 0 Å². The molecular weight excluding hydrogens is 378 g/mol. The van der Waals surface area contributed by atoms with E-state index in [2.05, 4.69) is 10.6 Å². The number of nitrogens with one attached hydrogen (secondary N) is 2. The van der Waals surface area contributed by atoms with E-state index in [1.807, 2.05) is 30.3 Å². The van der Waals surface area contributed by atoms with Crippen LogP contribution in [0.25, 0.3) is 0 Å². The fourth-order valence-corrected chi connectivity index (χ4v) is 2.20. The Hall–Kier alpha value is -3.10. The van der Waals surface area contributed by atoms with Gasteiger partial charge < -0.3 is 25.8 Å². The molecule has 0 radical (unpaired) electrons. The highest BCUT2D eigenvalue weighted by molar-refractivity contribution is 5.90. The standard InChI is InChI=1S/C20H29N3O6/c1-13(22-19(27)29-20(2,3)4)18(26)23-15(17(21)25)10-11-16(24)28-12-14-8-6-5-7-9-14/h5-9,13,15H,10-12H2,1-4H3,(H2,21,25)(H,22,27)(H,23,26)/t13-,15?/m0/s1. The number of hydrogen-bond acceptors (Lipinski definition) is 6. The van der Waals surface area contributed by atoms with Gasteiger partial charge in [0.05, 0.1) is 0 Å². The predicted molar refractivity (Wildman–Crippen MR) is 105 cm³/mol. The largest absolute Gasteiger partial charge is 0.461 e. The summed E-state index contributed by atoms with van der Waals surface area (Å²) in [6.45, 7) is 6.63. The number of hydrogen-bond donors (Lipinski definition) is 3. The van der Waals surface area contributed by atoms with E-state index in [1.54, 1.807) is 20.8 Å². The van der Waals surface area contributed by atoms with E-state index in [9.17, 15) is 19.2 Å². The highest BCUT2D eigenvalue weighted by atomic mass is 16.6. The second kappa shape index (κ2) is 11.0. The van der Waals surface area contributed by atoms with Gasteiger partial charge in [-0.1, -0.05) is 30.3 Å². The first-order chi connectivity index (χ1) is 13.5.